The van der Waals surface area contributed by atoms with Crippen LogP contribution in [0.25, 0.3) is 0 Å². The lowest BCUT2D eigenvalue weighted by Crippen LogP contribution is -2.24. The van der Waals surface area contributed by atoms with Gasteiger partial charge in [0, 0.05) is 30.5 Å². The zero-order valence-electron chi connectivity index (χ0n) is 10.9. The van der Waals surface area contributed by atoms with Crippen molar-refractivity contribution in [2.45, 2.75) is 25.9 Å². The van der Waals surface area contributed by atoms with Crippen LogP contribution in [0, 0.1) is 0 Å². The molecule has 0 saturated carbocycles. The lowest BCUT2D eigenvalue weighted by molar-refractivity contribution is 0.467. The van der Waals surface area contributed by atoms with E-state index in [0.29, 0.717) is 0 Å². The Morgan fingerprint density at radius 2 is 1.94 bits per heavy atom. The molecule has 1 N–H and O–H groups in total. The molecule has 0 radical (unpaired) electrons. The number of hydrogen-bond donors (Lipinski definition) is 1. The SMILES string of the molecule is CC(NC(C)c1nccn1C)c1ccccc1Cl. The molecule has 0 bridgehead atoms. The average molecular weight is 264 g/mol. The number of hydrogen-bond acceptors (Lipinski definition) is 2. The van der Waals surface area contributed by atoms with Crippen LogP contribution >= 0.6 is 11.6 Å². The smallest absolute Gasteiger partial charge is 0.125 e. The molecule has 0 amide bonds. The van der Waals surface area contributed by atoms with Crippen molar-refractivity contribution in [1.29, 1.82) is 0 Å². The Morgan fingerprint density at radius 1 is 1.22 bits per heavy atom. The second-order valence-electron chi connectivity index (χ2n) is 4.53. The molecule has 96 valence electrons. The molecule has 0 aliphatic carbocycles. The van der Waals surface area contributed by atoms with E-state index < -0.39 is 0 Å². The molecule has 0 spiro atoms. The van der Waals surface area contributed by atoms with E-state index in [2.05, 4.69) is 24.1 Å². The number of aromatic nitrogens is 2. The molecule has 2 unspecified atom stereocenters. The van der Waals surface area contributed by atoms with Crippen molar-refractivity contribution < 1.29 is 0 Å². The summed E-state index contributed by atoms with van der Waals surface area (Å²) >= 11 is 6.20. The van der Waals surface area contributed by atoms with E-state index in [4.69, 9.17) is 11.6 Å². The predicted octanol–water partition coefficient (Wildman–Crippen LogP) is 3.49. The number of imidazole rings is 1. The zero-order chi connectivity index (χ0) is 13.1. The van der Waals surface area contributed by atoms with Crippen LogP contribution in [0.3, 0.4) is 0 Å². The minimum atomic E-state index is 0.177. The van der Waals surface area contributed by atoms with E-state index in [1.807, 2.05) is 48.3 Å². The van der Waals surface area contributed by atoms with Gasteiger partial charge in [-0.25, -0.2) is 4.98 Å². The number of benzene rings is 1. The van der Waals surface area contributed by atoms with Gasteiger partial charge >= 0.3 is 0 Å². The predicted molar refractivity (Wildman–Crippen MR) is 74.6 cm³/mol. The van der Waals surface area contributed by atoms with Crippen molar-refractivity contribution in [2.75, 3.05) is 0 Å². The average Bonchev–Trinajstić information content (AvgIpc) is 2.76. The van der Waals surface area contributed by atoms with Crippen molar-refractivity contribution >= 4 is 11.6 Å². The highest BCUT2D eigenvalue weighted by molar-refractivity contribution is 6.31. The van der Waals surface area contributed by atoms with Crippen LogP contribution < -0.4 is 5.32 Å². The van der Waals surface area contributed by atoms with Crippen LogP contribution in [0.2, 0.25) is 5.02 Å². The quantitative estimate of drug-likeness (QED) is 0.915. The first-order valence-electron chi connectivity index (χ1n) is 6.07. The van der Waals surface area contributed by atoms with Gasteiger partial charge < -0.3 is 9.88 Å². The fourth-order valence-corrected chi connectivity index (χ4v) is 2.46. The maximum absolute atomic E-state index is 6.20. The summed E-state index contributed by atoms with van der Waals surface area (Å²) in [6.07, 6.45) is 3.77. The van der Waals surface area contributed by atoms with E-state index >= 15 is 0 Å². The lowest BCUT2D eigenvalue weighted by Gasteiger charge is -2.21. The van der Waals surface area contributed by atoms with Crippen molar-refractivity contribution in [3.05, 3.63) is 53.1 Å². The fraction of sp³-hybridized carbons (Fsp3) is 0.357. The van der Waals surface area contributed by atoms with E-state index in [9.17, 15) is 0 Å². The van der Waals surface area contributed by atoms with Gasteiger partial charge in [0.2, 0.25) is 0 Å². The van der Waals surface area contributed by atoms with Crippen molar-refractivity contribution in [3.8, 4) is 0 Å². The third kappa shape index (κ3) is 2.74. The highest BCUT2D eigenvalue weighted by Gasteiger charge is 2.15. The fourth-order valence-electron chi connectivity index (χ4n) is 2.16. The first-order chi connectivity index (χ1) is 8.59. The maximum atomic E-state index is 6.20. The Bertz CT molecular complexity index is 521. The Labute approximate surface area is 113 Å². The largest absolute Gasteiger partial charge is 0.337 e. The number of aryl methyl sites for hydroxylation is 1. The third-order valence-electron chi connectivity index (χ3n) is 3.12. The molecule has 1 aromatic carbocycles. The first-order valence-corrected chi connectivity index (χ1v) is 6.45. The Hall–Kier alpha value is -1.32. The number of nitrogens with one attached hydrogen (secondary N) is 1. The summed E-state index contributed by atoms with van der Waals surface area (Å²) in [5.41, 5.74) is 1.11. The first kappa shape index (κ1) is 13.1. The Morgan fingerprint density at radius 3 is 2.56 bits per heavy atom. The van der Waals surface area contributed by atoms with Gasteiger partial charge in [-0.2, -0.15) is 0 Å². The Kier molecular flexibility index (Phi) is 4.04. The molecule has 2 aromatic rings. The molecule has 1 heterocycles. The minimum absolute atomic E-state index is 0.177. The summed E-state index contributed by atoms with van der Waals surface area (Å²) in [7, 11) is 2.00. The zero-order valence-corrected chi connectivity index (χ0v) is 11.6. The molecule has 0 fully saturated rings. The summed E-state index contributed by atoms with van der Waals surface area (Å²) in [6, 6.07) is 8.28. The van der Waals surface area contributed by atoms with Crippen LogP contribution in [-0.4, -0.2) is 9.55 Å². The molecule has 0 saturated heterocycles. The molecule has 2 rings (SSSR count). The highest BCUT2D eigenvalue weighted by Crippen LogP contribution is 2.24. The van der Waals surface area contributed by atoms with Crippen LogP contribution in [0.4, 0.5) is 0 Å². The number of nitrogens with zero attached hydrogens (tertiary/aromatic N) is 2. The summed E-state index contributed by atoms with van der Waals surface area (Å²) in [6.45, 7) is 4.22. The number of halogens is 1. The van der Waals surface area contributed by atoms with E-state index in [0.717, 1.165) is 16.4 Å². The normalized spacial score (nSPS) is 14.4. The molecule has 3 nitrogen and oxygen atoms in total. The Balaban J connectivity index is 2.11. The summed E-state index contributed by atoms with van der Waals surface area (Å²) < 4.78 is 2.02. The van der Waals surface area contributed by atoms with E-state index in [-0.39, 0.29) is 12.1 Å². The minimum Gasteiger partial charge on any atom is -0.337 e. The second kappa shape index (κ2) is 5.55. The lowest BCUT2D eigenvalue weighted by atomic mass is 10.1. The van der Waals surface area contributed by atoms with Crippen molar-refractivity contribution in [2.24, 2.45) is 7.05 Å². The highest BCUT2D eigenvalue weighted by atomic mass is 35.5. The molecule has 1 aromatic heterocycles. The number of rotatable bonds is 4. The standard InChI is InChI=1S/C14H18ClN3/c1-10(12-6-4-5-7-13(12)15)17-11(2)14-16-8-9-18(14)3/h4-11,17H,1-3H3. The second-order valence-corrected chi connectivity index (χ2v) is 4.94. The van der Waals surface area contributed by atoms with E-state index in [1.165, 1.54) is 0 Å². The van der Waals surface area contributed by atoms with Crippen LogP contribution in [0.5, 0.6) is 0 Å². The molecule has 2 atom stereocenters. The van der Waals surface area contributed by atoms with Crippen LogP contribution in [0.15, 0.2) is 36.7 Å². The topological polar surface area (TPSA) is 29.9 Å². The maximum Gasteiger partial charge on any atom is 0.125 e. The van der Waals surface area contributed by atoms with Gasteiger partial charge in [-0.15, -0.1) is 0 Å². The molecular formula is C14H18ClN3. The van der Waals surface area contributed by atoms with Gasteiger partial charge in [-0.05, 0) is 25.5 Å². The third-order valence-corrected chi connectivity index (χ3v) is 3.46. The molecule has 0 aliphatic heterocycles. The van der Waals surface area contributed by atoms with E-state index in [1.54, 1.807) is 0 Å². The van der Waals surface area contributed by atoms with Gasteiger partial charge in [-0.1, -0.05) is 29.8 Å². The van der Waals surface area contributed by atoms with Gasteiger partial charge in [0.15, 0.2) is 0 Å². The van der Waals surface area contributed by atoms with Gasteiger partial charge in [0.1, 0.15) is 5.82 Å². The summed E-state index contributed by atoms with van der Waals surface area (Å²) in [5, 5.41) is 4.31. The molecule has 4 heteroatoms. The van der Waals surface area contributed by atoms with Crippen LogP contribution in [0.1, 0.15) is 37.3 Å². The van der Waals surface area contributed by atoms with Crippen molar-refractivity contribution in [1.82, 2.24) is 14.9 Å². The summed E-state index contributed by atoms with van der Waals surface area (Å²) in [4.78, 5) is 4.35. The molecular weight excluding hydrogens is 246 g/mol. The van der Waals surface area contributed by atoms with Gasteiger partial charge in [0.25, 0.3) is 0 Å². The van der Waals surface area contributed by atoms with Gasteiger partial charge in [0.05, 0.1) is 6.04 Å². The van der Waals surface area contributed by atoms with Crippen molar-refractivity contribution in [3.63, 3.8) is 0 Å². The summed E-state index contributed by atoms with van der Waals surface area (Å²) in [5.74, 6) is 1.02. The van der Waals surface area contributed by atoms with Crippen LogP contribution in [-0.2, 0) is 7.05 Å². The van der Waals surface area contributed by atoms with Gasteiger partial charge in [-0.3, -0.25) is 0 Å². The monoisotopic (exact) mass is 263 g/mol. The molecule has 18 heavy (non-hydrogen) atoms. The molecule has 0 aliphatic rings.